The molecule has 1 aromatic heterocycles. The Morgan fingerprint density at radius 2 is 1.91 bits per heavy atom. The van der Waals surface area contributed by atoms with Crippen LogP contribution in [-0.2, 0) is 22.6 Å². The van der Waals surface area contributed by atoms with Crippen LogP contribution in [0.5, 0.6) is 11.5 Å². The second-order valence-corrected chi connectivity index (χ2v) is 8.81. The molecule has 2 heterocycles. The lowest BCUT2D eigenvalue weighted by Crippen LogP contribution is -2.23. The van der Waals surface area contributed by atoms with Gasteiger partial charge in [0, 0.05) is 24.0 Å². The maximum atomic E-state index is 12.7. The molecule has 3 aromatic rings. The van der Waals surface area contributed by atoms with Crippen LogP contribution in [0.1, 0.15) is 25.2 Å². The summed E-state index contributed by atoms with van der Waals surface area (Å²) in [5.74, 6) is 1.47. The number of anilines is 2. The predicted octanol–water partition coefficient (Wildman–Crippen LogP) is 3.64. The first-order valence-corrected chi connectivity index (χ1v) is 11.5. The van der Waals surface area contributed by atoms with Crippen LogP contribution in [0, 0.1) is 6.92 Å². The summed E-state index contributed by atoms with van der Waals surface area (Å²) in [5.41, 5.74) is 2.39. The molecule has 0 bridgehead atoms. The summed E-state index contributed by atoms with van der Waals surface area (Å²) in [4.78, 5) is 25.3. The van der Waals surface area contributed by atoms with Gasteiger partial charge in [0.2, 0.25) is 18.6 Å². The summed E-state index contributed by atoms with van der Waals surface area (Å²) in [6.45, 7) is 6.45. The summed E-state index contributed by atoms with van der Waals surface area (Å²) < 4.78 is 12.5. The van der Waals surface area contributed by atoms with Gasteiger partial charge in [-0.05, 0) is 44.5 Å². The topological polar surface area (TPSA) is 107 Å². The van der Waals surface area contributed by atoms with Crippen LogP contribution in [0.15, 0.2) is 47.6 Å². The van der Waals surface area contributed by atoms with Gasteiger partial charge in [0.05, 0.1) is 11.7 Å². The number of para-hydroxylation sites is 1. The highest BCUT2D eigenvalue weighted by Gasteiger charge is 2.22. The monoisotopic (exact) mass is 467 g/mol. The summed E-state index contributed by atoms with van der Waals surface area (Å²) in [7, 11) is 0. The standard InChI is InChI=1S/C23H25N5O4S/c1-4-28-20(12-21(29)25-17-8-6-5-7-14(17)2)26-27-23(28)33-15(3)22(30)24-16-9-10-18-19(11-16)32-13-31-18/h5-11,15H,4,12-13H2,1-3H3,(H,24,30)(H,25,29)/t15-/m0/s1. The summed E-state index contributed by atoms with van der Waals surface area (Å²) in [6.07, 6.45) is 0.0908. The van der Waals surface area contributed by atoms with Gasteiger partial charge in [-0.25, -0.2) is 0 Å². The molecule has 0 aliphatic carbocycles. The third-order valence-corrected chi connectivity index (χ3v) is 6.22. The van der Waals surface area contributed by atoms with E-state index in [1.807, 2.05) is 42.7 Å². The van der Waals surface area contributed by atoms with Crippen molar-refractivity contribution in [1.82, 2.24) is 14.8 Å². The lowest BCUT2D eigenvalue weighted by atomic mass is 10.2. The molecular formula is C23H25N5O4S. The van der Waals surface area contributed by atoms with E-state index in [0.29, 0.717) is 34.7 Å². The van der Waals surface area contributed by atoms with Gasteiger partial charge in [0.1, 0.15) is 5.82 Å². The van der Waals surface area contributed by atoms with Crippen molar-refractivity contribution in [3.63, 3.8) is 0 Å². The van der Waals surface area contributed by atoms with E-state index < -0.39 is 5.25 Å². The summed E-state index contributed by atoms with van der Waals surface area (Å²) in [5, 5.41) is 14.4. The fraction of sp³-hybridized carbons (Fsp3) is 0.304. The van der Waals surface area contributed by atoms with E-state index in [4.69, 9.17) is 9.47 Å². The van der Waals surface area contributed by atoms with E-state index in [-0.39, 0.29) is 25.0 Å². The number of carbonyl (C=O) groups is 2. The number of fused-ring (bicyclic) bond motifs is 1. The van der Waals surface area contributed by atoms with Gasteiger partial charge in [0.15, 0.2) is 16.7 Å². The Morgan fingerprint density at radius 1 is 1.12 bits per heavy atom. The highest BCUT2D eigenvalue weighted by atomic mass is 32.2. The van der Waals surface area contributed by atoms with E-state index >= 15 is 0 Å². The SMILES string of the molecule is CCn1c(CC(=O)Nc2ccccc2C)nnc1S[C@@H](C)C(=O)Nc1ccc2c(c1)OCO2. The molecule has 2 aromatic carbocycles. The molecule has 1 atom stereocenters. The number of carbonyl (C=O) groups excluding carboxylic acids is 2. The van der Waals surface area contributed by atoms with Crippen molar-refractivity contribution in [2.75, 3.05) is 17.4 Å². The van der Waals surface area contributed by atoms with Gasteiger partial charge in [-0.3, -0.25) is 9.59 Å². The fourth-order valence-electron chi connectivity index (χ4n) is 3.34. The number of hydrogen-bond donors (Lipinski definition) is 2. The van der Waals surface area contributed by atoms with Gasteiger partial charge < -0.3 is 24.7 Å². The van der Waals surface area contributed by atoms with Crippen LogP contribution in [-0.4, -0.2) is 38.6 Å². The molecule has 0 spiro atoms. The first-order valence-electron chi connectivity index (χ1n) is 10.6. The second kappa shape index (κ2) is 9.95. The molecule has 4 rings (SSSR count). The van der Waals surface area contributed by atoms with E-state index in [2.05, 4.69) is 20.8 Å². The average Bonchev–Trinajstić information content (AvgIpc) is 3.41. The second-order valence-electron chi connectivity index (χ2n) is 7.50. The molecule has 2 N–H and O–H groups in total. The van der Waals surface area contributed by atoms with Crippen molar-refractivity contribution in [3.05, 3.63) is 53.9 Å². The van der Waals surface area contributed by atoms with Crippen LogP contribution in [0.25, 0.3) is 0 Å². The van der Waals surface area contributed by atoms with E-state index in [1.165, 1.54) is 11.8 Å². The third-order valence-electron chi connectivity index (χ3n) is 5.14. The highest BCUT2D eigenvalue weighted by molar-refractivity contribution is 8.00. The van der Waals surface area contributed by atoms with Crippen LogP contribution >= 0.6 is 11.8 Å². The lowest BCUT2D eigenvalue weighted by Gasteiger charge is -2.13. The molecule has 0 saturated heterocycles. The van der Waals surface area contributed by atoms with Crippen molar-refractivity contribution >= 4 is 35.0 Å². The minimum absolute atomic E-state index is 0.0908. The molecule has 9 nitrogen and oxygen atoms in total. The Hall–Kier alpha value is -3.53. The van der Waals surface area contributed by atoms with E-state index in [0.717, 1.165) is 11.3 Å². The molecule has 0 saturated carbocycles. The number of aryl methyl sites for hydroxylation is 1. The van der Waals surface area contributed by atoms with Crippen molar-refractivity contribution in [2.45, 2.75) is 44.1 Å². The minimum atomic E-state index is -0.432. The Bertz CT molecular complexity index is 1180. The Morgan fingerprint density at radius 3 is 2.70 bits per heavy atom. The van der Waals surface area contributed by atoms with Crippen LogP contribution in [0.3, 0.4) is 0 Å². The maximum Gasteiger partial charge on any atom is 0.237 e. The molecule has 10 heteroatoms. The van der Waals surface area contributed by atoms with Crippen molar-refractivity contribution < 1.29 is 19.1 Å². The molecule has 1 aliphatic heterocycles. The molecule has 0 radical (unpaired) electrons. The number of hydrogen-bond acceptors (Lipinski definition) is 7. The van der Waals surface area contributed by atoms with Gasteiger partial charge in [0.25, 0.3) is 0 Å². The van der Waals surface area contributed by atoms with Gasteiger partial charge in [-0.2, -0.15) is 0 Å². The normalized spacial score (nSPS) is 12.9. The number of ether oxygens (including phenoxy) is 2. The first-order chi connectivity index (χ1) is 15.9. The van der Waals surface area contributed by atoms with Crippen molar-refractivity contribution in [3.8, 4) is 11.5 Å². The fourth-order valence-corrected chi connectivity index (χ4v) is 4.27. The number of thioether (sulfide) groups is 1. The van der Waals surface area contributed by atoms with Crippen molar-refractivity contribution in [1.29, 1.82) is 0 Å². The zero-order valence-electron chi connectivity index (χ0n) is 18.6. The largest absolute Gasteiger partial charge is 0.454 e. The van der Waals surface area contributed by atoms with Crippen LogP contribution in [0.2, 0.25) is 0 Å². The Kier molecular flexibility index (Phi) is 6.83. The molecule has 0 fully saturated rings. The average molecular weight is 468 g/mol. The number of nitrogens with zero attached hydrogens (tertiary/aromatic N) is 3. The highest BCUT2D eigenvalue weighted by Crippen LogP contribution is 2.34. The quantitative estimate of drug-likeness (QED) is 0.487. The van der Waals surface area contributed by atoms with Crippen LogP contribution in [0.4, 0.5) is 11.4 Å². The smallest absolute Gasteiger partial charge is 0.237 e. The molecule has 1 aliphatic rings. The van der Waals surface area contributed by atoms with E-state index in [1.54, 1.807) is 25.1 Å². The molecule has 2 amide bonds. The maximum absolute atomic E-state index is 12.7. The third kappa shape index (κ3) is 5.28. The predicted molar refractivity (Wildman–Crippen MR) is 126 cm³/mol. The van der Waals surface area contributed by atoms with Gasteiger partial charge in [-0.1, -0.05) is 30.0 Å². The minimum Gasteiger partial charge on any atom is -0.454 e. The van der Waals surface area contributed by atoms with Crippen LogP contribution < -0.4 is 20.1 Å². The number of amides is 2. The molecule has 33 heavy (non-hydrogen) atoms. The zero-order chi connectivity index (χ0) is 23.4. The first kappa shape index (κ1) is 22.7. The van der Waals surface area contributed by atoms with Crippen molar-refractivity contribution in [2.24, 2.45) is 0 Å². The van der Waals surface area contributed by atoms with Gasteiger partial charge >= 0.3 is 0 Å². The summed E-state index contributed by atoms with van der Waals surface area (Å²) >= 11 is 1.29. The lowest BCUT2D eigenvalue weighted by molar-refractivity contribution is -0.116. The van der Waals surface area contributed by atoms with Gasteiger partial charge in [-0.15, -0.1) is 10.2 Å². The number of nitrogens with one attached hydrogen (secondary N) is 2. The number of rotatable bonds is 8. The molecule has 172 valence electrons. The van der Waals surface area contributed by atoms with E-state index in [9.17, 15) is 9.59 Å². The summed E-state index contributed by atoms with van der Waals surface area (Å²) in [6, 6.07) is 12.9. The Balaban J connectivity index is 1.38. The number of benzene rings is 2. The molecular weight excluding hydrogens is 442 g/mol. The molecule has 0 unspecified atom stereocenters. The zero-order valence-corrected chi connectivity index (χ0v) is 19.4. The number of aromatic nitrogens is 3. The Labute approximate surface area is 195 Å².